The summed E-state index contributed by atoms with van der Waals surface area (Å²) in [5.74, 6) is -0.461. The van der Waals surface area contributed by atoms with E-state index in [0.717, 1.165) is 5.52 Å². The van der Waals surface area contributed by atoms with E-state index in [4.69, 9.17) is 4.42 Å². The fraction of sp³-hybridized carbons (Fsp3) is 0.467. The van der Waals surface area contributed by atoms with Crippen LogP contribution in [0.4, 0.5) is 5.69 Å². The number of nitrogens with one attached hydrogen (secondary N) is 1. The molecule has 1 amide bonds. The van der Waals surface area contributed by atoms with E-state index in [9.17, 15) is 9.59 Å². The summed E-state index contributed by atoms with van der Waals surface area (Å²) in [6.07, 6.45) is 0. The molecule has 0 atom stereocenters. The predicted molar refractivity (Wildman–Crippen MR) is 78.9 cm³/mol. The van der Waals surface area contributed by atoms with E-state index in [1.165, 1.54) is 0 Å². The summed E-state index contributed by atoms with van der Waals surface area (Å²) in [7, 11) is 0. The van der Waals surface area contributed by atoms with Crippen LogP contribution in [0.1, 0.15) is 40.7 Å². The van der Waals surface area contributed by atoms with Crippen molar-refractivity contribution >= 4 is 22.7 Å². The van der Waals surface area contributed by atoms with Crippen LogP contribution in [0.25, 0.3) is 11.1 Å². The minimum absolute atomic E-state index is 0.0266. The van der Waals surface area contributed by atoms with Gasteiger partial charge in [-0.2, -0.15) is 0 Å². The normalized spacial score (nSPS) is 12.1. The number of oxazole rings is 1. The van der Waals surface area contributed by atoms with Gasteiger partial charge in [-0.25, -0.2) is 4.79 Å². The third-order valence-electron chi connectivity index (χ3n) is 3.07. The molecule has 1 aromatic carbocycles. The molecule has 0 unspecified atom stereocenters. The highest BCUT2D eigenvalue weighted by molar-refractivity contribution is 5.95. The molecule has 5 heteroatoms. The first kappa shape index (κ1) is 14.4. The van der Waals surface area contributed by atoms with Crippen LogP contribution in [0.2, 0.25) is 0 Å². The third-order valence-corrected chi connectivity index (χ3v) is 3.07. The van der Waals surface area contributed by atoms with Gasteiger partial charge in [0, 0.05) is 23.2 Å². The molecule has 0 spiro atoms. The number of rotatable bonds is 2. The molecule has 108 valence electrons. The van der Waals surface area contributed by atoms with Gasteiger partial charge in [0.2, 0.25) is 5.91 Å². The zero-order chi connectivity index (χ0) is 15.1. The van der Waals surface area contributed by atoms with E-state index in [-0.39, 0.29) is 17.7 Å². The van der Waals surface area contributed by atoms with E-state index in [0.29, 0.717) is 11.3 Å². The van der Waals surface area contributed by atoms with E-state index < -0.39 is 5.41 Å². The van der Waals surface area contributed by atoms with Gasteiger partial charge < -0.3 is 9.73 Å². The lowest BCUT2D eigenvalue weighted by Crippen LogP contribution is -2.27. The Morgan fingerprint density at radius 2 is 1.95 bits per heavy atom. The Bertz CT molecular complexity index is 702. The smallest absolute Gasteiger partial charge is 0.408 e. The summed E-state index contributed by atoms with van der Waals surface area (Å²) in [6, 6.07) is 5.27. The van der Waals surface area contributed by atoms with Gasteiger partial charge in [-0.05, 0) is 26.0 Å². The van der Waals surface area contributed by atoms with Crippen LogP contribution in [0.15, 0.2) is 27.4 Å². The standard InChI is InChI=1S/C15H20N2O3/c1-9(2)17-11-7-6-10(8-12(11)20-14(17)19)16-13(18)15(3,4)5/h6-9H,1-5H3,(H,16,18). The molecule has 20 heavy (non-hydrogen) atoms. The van der Waals surface area contributed by atoms with E-state index in [2.05, 4.69) is 5.32 Å². The van der Waals surface area contributed by atoms with Crippen LogP contribution in [0.5, 0.6) is 0 Å². The third kappa shape index (κ3) is 2.61. The fourth-order valence-electron chi connectivity index (χ4n) is 1.92. The second-order valence-electron chi connectivity index (χ2n) is 6.22. The van der Waals surface area contributed by atoms with Gasteiger partial charge in [-0.1, -0.05) is 20.8 Å². The molecule has 1 N–H and O–H groups in total. The summed E-state index contributed by atoms with van der Waals surface area (Å²) in [6.45, 7) is 9.37. The Balaban J connectivity index is 2.41. The minimum atomic E-state index is -0.473. The number of carbonyl (C=O) groups is 1. The van der Waals surface area contributed by atoms with Gasteiger partial charge in [0.05, 0.1) is 5.52 Å². The van der Waals surface area contributed by atoms with Crippen molar-refractivity contribution in [1.82, 2.24) is 4.57 Å². The van der Waals surface area contributed by atoms with Crippen LogP contribution < -0.4 is 11.1 Å². The summed E-state index contributed by atoms with van der Waals surface area (Å²) in [5, 5.41) is 2.82. The van der Waals surface area contributed by atoms with Crippen molar-refractivity contribution in [1.29, 1.82) is 0 Å². The van der Waals surface area contributed by atoms with E-state index >= 15 is 0 Å². The first-order valence-corrected chi connectivity index (χ1v) is 6.66. The molecule has 0 saturated heterocycles. The molecule has 1 heterocycles. The van der Waals surface area contributed by atoms with Crippen molar-refractivity contribution in [3.8, 4) is 0 Å². The van der Waals surface area contributed by atoms with Crippen molar-refractivity contribution in [3.63, 3.8) is 0 Å². The average molecular weight is 276 g/mol. The molecule has 1 aromatic heterocycles. The van der Waals surface area contributed by atoms with Gasteiger partial charge in [0.15, 0.2) is 5.58 Å². The molecule has 0 aliphatic carbocycles. The number of hydrogen-bond donors (Lipinski definition) is 1. The predicted octanol–water partition coefficient (Wildman–Crippen LogP) is 3.16. The number of amides is 1. The molecular weight excluding hydrogens is 256 g/mol. The van der Waals surface area contributed by atoms with Crippen LogP contribution >= 0.6 is 0 Å². The molecule has 2 aromatic rings. The summed E-state index contributed by atoms with van der Waals surface area (Å²) in [5.41, 5.74) is 1.37. The fourth-order valence-corrected chi connectivity index (χ4v) is 1.92. The largest absolute Gasteiger partial charge is 0.420 e. The molecule has 5 nitrogen and oxygen atoms in total. The lowest BCUT2D eigenvalue weighted by molar-refractivity contribution is -0.123. The maximum absolute atomic E-state index is 11.9. The summed E-state index contributed by atoms with van der Waals surface area (Å²) in [4.78, 5) is 23.7. The second-order valence-corrected chi connectivity index (χ2v) is 6.22. The molecule has 2 rings (SSSR count). The highest BCUT2D eigenvalue weighted by Gasteiger charge is 2.21. The molecule has 0 radical (unpaired) electrons. The number of aromatic nitrogens is 1. The zero-order valence-corrected chi connectivity index (χ0v) is 12.5. The van der Waals surface area contributed by atoms with Gasteiger partial charge in [0.1, 0.15) is 0 Å². The summed E-state index contributed by atoms with van der Waals surface area (Å²) >= 11 is 0. The quantitative estimate of drug-likeness (QED) is 0.916. The zero-order valence-electron chi connectivity index (χ0n) is 12.5. The van der Waals surface area contributed by atoms with Crippen LogP contribution in [-0.2, 0) is 4.79 Å². The number of anilines is 1. The van der Waals surface area contributed by atoms with Gasteiger partial charge >= 0.3 is 5.76 Å². The first-order valence-electron chi connectivity index (χ1n) is 6.66. The molecule has 0 saturated carbocycles. The van der Waals surface area contributed by atoms with Crippen molar-refractivity contribution in [2.24, 2.45) is 5.41 Å². The van der Waals surface area contributed by atoms with Crippen molar-refractivity contribution in [3.05, 3.63) is 28.7 Å². The highest BCUT2D eigenvalue weighted by atomic mass is 16.4. The Labute approximate surface area is 117 Å². The van der Waals surface area contributed by atoms with Crippen LogP contribution in [0, 0.1) is 5.41 Å². The SMILES string of the molecule is CC(C)n1c(=O)oc2cc(NC(=O)C(C)(C)C)ccc21. The number of benzene rings is 1. The molecular formula is C15H20N2O3. The monoisotopic (exact) mass is 276 g/mol. The lowest BCUT2D eigenvalue weighted by Gasteiger charge is -2.17. The molecule has 0 fully saturated rings. The highest BCUT2D eigenvalue weighted by Crippen LogP contribution is 2.23. The van der Waals surface area contributed by atoms with Gasteiger partial charge in [-0.15, -0.1) is 0 Å². The topological polar surface area (TPSA) is 64.2 Å². The van der Waals surface area contributed by atoms with Crippen LogP contribution in [0.3, 0.4) is 0 Å². The minimum Gasteiger partial charge on any atom is -0.408 e. The summed E-state index contributed by atoms with van der Waals surface area (Å²) < 4.78 is 6.81. The maximum atomic E-state index is 11.9. The van der Waals surface area contributed by atoms with E-state index in [1.807, 2.05) is 34.6 Å². The Morgan fingerprint density at radius 3 is 2.50 bits per heavy atom. The number of fused-ring (bicyclic) bond motifs is 1. The number of hydrogen-bond acceptors (Lipinski definition) is 3. The average Bonchev–Trinajstić information content (AvgIpc) is 2.62. The molecule has 0 aliphatic rings. The lowest BCUT2D eigenvalue weighted by atomic mass is 9.95. The van der Waals surface area contributed by atoms with E-state index in [1.54, 1.807) is 22.8 Å². The second kappa shape index (κ2) is 4.81. The van der Waals surface area contributed by atoms with Crippen molar-refractivity contribution in [2.45, 2.75) is 40.7 Å². The maximum Gasteiger partial charge on any atom is 0.420 e. The van der Waals surface area contributed by atoms with Crippen molar-refractivity contribution < 1.29 is 9.21 Å². The van der Waals surface area contributed by atoms with Crippen LogP contribution in [-0.4, -0.2) is 10.5 Å². The Kier molecular flexibility index (Phi) is 3.46. The Hall–Kier alpha value is -2.04. The first-order chi connectivity index (χ1) is 9.20. The molecule has 0 bridgehead atoms. The Morgan fingerprint density at radius 1 is 1.30 bits per heavy atom. The van der Waals surface area contributed by atoms with Gasteiger partial charge in [-0.3, -0.25) is 9.36 Å². The van der Waals surface area contributed by atoms with Gasteiger partial charge in [0.25, 0.3) is 0 Å². The number of nitrogens with zero attached hydrogens (tertiary/aromatic N) is 1. The molecule has 0 aliphatic heterocycles. The van der Waals surface area contributed by atoms with Crippen molar-refractivity contribution in [2.75, 3.05) is 5.32 Å². The number of carbonyl (C=O) groups excluding carboxylic acids is 1.